The van der Waals surface area contributed by atoms with Gasteiger partial charge in [-0.1, -0.05) is 0 Å². The van der Waals surface area contributed by atoms with Crippen molar-refractivity contribution in [3.63, 3.8) is 0 Å². The van der Waals surface area contributed by atoms with Crippen LogP contribution in [0.25, 0.3) is 11.4 Å². The molecule has 0 amide bonds. The van der Waals surface area contributed by atoms with Gasteiger partial charge in [-0.3, -0.25) is 0 Å². The standard InChI is InChI=1S/C26H18F14N6O2S/c1-9-5-13(27)15(45-21(47-3)41-19(43-45)25(35,36)37)7-11(9)17(23(29,30)31)49-18(24(32,33)34)12-8-16(14(28)6-10(12)2)46-22(48-4)42-20(44-46)26(38,39)40/h5-8,17-18H,1-4H3. The number of nitrogens with zero attached hydrogens (tertiary/aromatic N) is 6. The molecular formula is C26H18F14N6O2S. The Balaban J connectivity index is 1.91. The van der Waals surface area contributed by atoms with Gasteiger partial charge in [0.25, 0.3) is 11.6 Å². The van der Waals surface area contributed by atoms with Crippen LogP contribution < -0.4 is 9.47 Å². The van der Waals surface area contributed by atoms with E-state index in [2.05, 4.69) is 29.6 Å². The molecule has 0 fully saturated rings. The minimum Gasteiger partial charge on any atom is -0.467 e. The minimum absolute atomic E-state index is 0.0670. The van der Waals surface area contributed by atoms with Crippen LogP contribution >= 0.6 is 11.8 Å². The summed E-state index contributed by atoms with van der Waals surface area (Å²) in [7, 11) is 1.57. The van der Waals surface area contributed by atoms with Crippen LogP contribution in [0.3, 0.4) is 0 Å². The lowest BCUT2D eigenvalue weighted by Gasteiger charge is -2.29. The zero-order chi connectivity index (χ0) is 37.0. The Morgan fingerprint density at radius 2 is 0.918 bits per heavy atom. The van der Waals surface area contributed by atoms with Gasteiger partial charge in [0.05, 0.1) is 14.2 Å². The number of aryl methyl sites for hydroxylation is 2. The summed E-state index contributed by atoms with van der Waals surface area (Å²) in [5.41, 5.74) is -5.48. The Morgan fingerprint density at radius 1 is 0.592 bits per heavy atom. The normalized spacial score (nSPS) is 14.2. The van der Waals surface area contributed by atoms with Crippen molar-refractivity contribution in [3.05, 3.63) is 69.8 Å². The van der Waals surface area contributed by atoms with Gasteiger partial charge in [0, 0.05) is 0 Å². The topological polar surface area (TPSA) is 79.9 Å². The van der Waals surface area contributed by atoms with Crippen molar-refractivity contribution in [2.45, 2.75) is 49.1 Å². The van der Waals surface area contributed by atoms with Gasteiger partial charge in [-0.15, -0.1) is 22.0 Å². The summed E-state index contributed by atoms with van der Waals surface area (Å²) >= 11 is -0.811. The minimum atomic E-state index is -5.56. The Morgan fingerprint density at radius 3 is 1.18 bits per heavy atom. The summed E-state index contributed by atoms with van der Waals surface area (Å²) in [6.45, 7) is 1.78. The number of thioether (sulfide) groups is 1. The second-order valence-corrected chi connectivity index (χ2v) is 11.2. The van der Waals surface area contributed by atoms with Crippen molar-refractivity contribution in [2.75, 3.05) is 14.2 Å². The number of hydrogen-bond donors (Lipinski definition) is 0. The van der Waals surface area contributed by atoms with Crippen molar-refractivity contribution in [1.29, 1.82) is 0 Å². The SMILES string of the molecule is COc1nc(C(F)(F)F)nn1-c1cc(C(SC(c2cc(-n3nc(C(F)(F)F)nc3OC)c(F)cc2C)C(F)(F)F)C(F)(F)F)c(C)cc1F. The van der Waals surface area contributed by atoms with Gasteiger partial charge in [0.15, 0.2) is 0 Å². The molecule has 4 rings (SSSR count). The van der Waals surface area contributed by atoms with Crippen molar-refractivity contribution in [2.24, 2.45) is 0 Å². The lowest BCUT2D eigenvalue weighted by atomic mass is 10.0. The van der Waals surface area contributed by atoms with Crippen LogP contribution in [0.2, 0.25) is 0 Å². The van der Waals surface area contributed by atoms with E-state index in [0.29, 0.717) is 24.3 Å². The molecule has 23 heteroatoms. The molecule has 0 bridgehead atoms. The number of ether oxygens (including phenoxy) is 2. The molecule has 0 aliphatic rings. The highest BCUT2D eigenvalue weighted by Gasteiger charge is 2.51. The molecule has 8 nitrogen and oxygen atoms in total. The van der Waals surface area contributed by atoms with Gasteiger partial charge in [0.2, 0.25) is 0 Å². The van der Waals surface area contributed by atoms with Crippen molar-refractivity contribution in [1.82, 2.24) is 29.5 Å². The molecule has 2 atom stereocenters. The maximum Gasteiger partial charge on any atom is 0.453 e. The number of rotatable bonds is 8. The molecule has 0 aliphatic heterocycles. The van der Waals surface area contributed by atoms with Crippen LogP contribution in [-0.2, 0) is 12.4 Å². The Hall–Kier alpha value is -4.31. The quantitative estimate of drug-likeness (QED) is 0.168. The Bertz CT molecular complexity index is 1710. The average Bonchev–Trinajstić information content (AvgIpc) is 3.58. The van der Waals surface area contributed by atoms with Crippen LogP contribution in [0.4, 0.5) is 61.5 Å². The molecule has 49 heavy (non-hydrogen) atoms. The molecule has 268 valence electrons. The zero-order valence-electron chi connectivity index (χ0n) is 24.7. The first kappa shape index (κ1) is 37.5. The van der Waals surface area contributed by atoms with E-state index in [4.69, 9.17) is 0 Å². The molecule has 4 aromatic rings. The van der Waals surface area contributed by atoms with E-state index < -0.39 is 116 Å². The zero-order valence-corrected chi connectivity index (χ0v) is 25.5. The van der Waals surface area contributed by atoms with Crippen molar-refractivity contribution in [3.8, 4) is 23.4 Å². The fourth-order valence-corrected chi connectivity index (χ4v) is 5.83. The fraction of sp³-hybridized carbons (Fsp3) is 0.385. The predicted molar refractivity (Wildman–Crippen MR) is 140 cm³/mol. The lowest BCUT2D eigenvalue weighted by molar-refractivity contribution is -0.145. The number of methoxy groups -OCH3 is 2. The third-order valence-electron chi connectivity index (χ3n) is 6.59. The predicted octanol–water partition coefficient (Wildman–Crippen LogP) is 8.44. The second-order valence-electron chi connectivity index (χ2n) is 9.96. The molecular weight excluding hydrogens is 726 g/mol. The van der Waals surface area contributed by atoms with E-state index in [9.17, 15) is 52.7 Å². The lowest BCUT2D eigenvalue weighted by Crippen LogP contribution is -2.26. The van der Waals surface area contributed by atoms with E-state index in [1.54, 1.807) is 0 Å². The van der Waals surface area contributed by atoms with E-state index >= 15 is 8.78 Å². The van der Waals surface area contributed by atoms with Crippen LogP contribution in [-0.4, -0.2) is 56.1 Å². The molecule has 0 saturated carbocycles. The maximum absolute atomic E-state index is 15.0. The molecule has 0 spiro atoms. The first-order chi connectivity index (χ1) is 22.4. The maximum atomic E-state index is 15.0. The van der Waals surface area contributed by atoms with Gasteiger partial charge in [0.1, 0.15) is 33.5 Å². The summed E-state index contributed by atoms with van der Waals surface area (Å²) in [4.78, 5) is 6.02. The molecule has 0 aliphatic carbocycles. The highest BCUT2D eigenvalue weighted by molar-refractivity contribution is 7.99. The van der Waals surface area contributed by atoms with Crippen LogP contribution in [0.5, 0.6) is 12.0 Å². The number of halogens is 14. The molecule has 2 heterocycles. The highest BCUT2D eigenvalue weighted by Crippen LogP contribution is 2.56. The smallest absolute Gasteiger partial charge is 0.453 e. The Labute approximate surface area is 269 Å². The summed E-state index contributed by atoms with van der Waals surface area (Å²) in [5.74, 6) is -6.65. The summed E-state index contributed by atoms with van der Waals surface area (Å²) in [6, 6.07) is -0.589. The van der Waals surface area contributed by atoms with Gasteiger partial charge in [-0.2, -0.15) is 72.0 Å². The number of aromatic nitrogens is 6. The average molecular weight is 745 g/mol. The highest BCUT2D eigenvalue weighted by atomic mass is 32.2. The Kier molecular flexibility index (Phi) is 9.84. The van der Waals surface area contributed by atoms with Crippen LogP contribution in [0, 0.1) is 25.5 Å². The third-order valence-corrected chi connectivity index (χ3v) is 8.17. The molecule has 0 saturated heterocycles. The number of alkyl halides is 12. The van der Waals surface area contributed by atoms with Crippen molar-refractivity contribution >= 4 is 11.8 Å². The van der Waals surface area contributed by atoms with E-state index in [-0.39, 0.29) is 9.36 Å². The number of benzene rings is 2. The summed E-state index contributed by atoms with van der Waals surface area (Å²) in [5, 5.41) is -0.326. The molecule has 2 aromatic carbocycles. The van der Waals surface area contributed by atoms with E-state index in [1.807, 2.05) is 0 Å². The monoisotopic (exact) mass is 744 g/mol. The molecule has 2 unspecified atom stereocenters. The molecule has 2 aromatic heterocycles. The van der Waals surface area contributed by atoms with Crippen LogP contribution in [0.15, 0.2) is 24.3 Å². The first-order valence-corrected chi connectivity index (χ1v) is 13.9. The fourth-order valence-electron chi connectivity index (χ4n) is 4.45. The number of hydrogen-bond acceptors (Lipinski definition) is 7. The first-order valence-electron chi connectivity index (χ1n) is 12.9. The molecule has 0 radical (unpaired) electrons. The van der Waals surface area contributed by atoms with Crippen molar-refractivity contribution < 1.29 is 70.9 Å². The van der Waals surface area contributed by atoms with E-state index in [0.717, 1.165) is 28.1 Å². The summed E-state index contributed by atoms with van der Waals surface area (Å²) < 4.78 is 207. The van der Waals surface area contributed by atoms with Crippen LogP contribution in [0.1, 0.15) is 44.4 Å². The van der Waals surface area contributed by atoms with E-state index in [1.165, 1.54) is 0 Å². The second kappa shape index (κ2) is 12.9. The van der Waals surface area contributed by atoms with Gasteiger partial charge in [-0.05, 0) is 60.4 Å². The third kappa shape index (κ3) is 7.64. The van der Waals surface area contributed by atoms with Gasteiger partial charge < -0.3 is 9.47 Å². The van der Waals surface area contributed by atoms with Gasteiger partial charge >= 0.3 is 36.7 Å². The largest absolute Gasteiger partial charge is 0.467 e. The van der Waals surface area contributed by atoms with Gasteiger partial charge in [-0.25, -0.2) is 8.78 Å². The molecule has 0 N–H and O–H groups in total. The summed E-state index contributed by atoms with van der Waals surface area (Å²) in [6.07, 6.45) is -21.6.